The summed E-state index contributed by atoms with van der Waals surface area (Å²) in [5.74, 6) is -3.01. The predicted molar refractivity (Wildman–Crippen MR) is 118 cm³/mol. The standard InChI is InChI=1S/C19H16ClF2N5O4S2/c20-11-1-3-12(4-2-11)27-13(7-23-8-18(27)28)9-31-16-5-15(22)17(6-14(16)21)33(29,30)26-19-24-10-25-32-19/h1-6,10,13,23H,7-9H2,(H,24,25,26)/t13-/m1/s1. The van der Waals surface area contributed by atoms with Gasteiger partial charge in [0.25, 0.3) is 10.0 Å². The molecule has 1 amide bonds. The fourth-order valence-corrected chi connectivity index (χ4v) is 5.08. The van der Waals surface area contributed by atoms with Crippen molar-refractivity contribution in [2.75, 3.05) is 29.3 Å². The van der Waals surface area contributed by atoms with Gasteiger partial charge in [0.05, 0.1) is 12.6 Å². The largest absolute Gasteiger partial charge is 0.488 e. The number of ether oxygens (including phenoxy) is 1. The van der Waals surface area contributed by atoms with Crippen LogP contribution in [0.1, 0.15) is 0 Å². The van der Waals surface area contributed by atoms with Gasteiger partial charge >= 0.3 is 0 Å². The Hall–Kier alpha value is -2.87. The van der Waals surface area contributed by atoms with E-state index in [2.05, 4.69) is 14.7 Å². The molecule has 0 unspecified atom stereocenters. The summed E-state index contributed by atoms with van der Waals surface area (Å²) in [4.78, 5) is 16.7. The van der Waals surface area contributed by atoms with E-state index >= 15 is 0 Å². The van der Waals surface area contributed by atoms with Crippen molar-refractivity contribution in [3.05, 3.63) is 59.4 Å². The molecule has 174 valence electrons. The number of sulfonamides is 1. The number of carbonyl (C=O) groups excluding carboxylic acids is 1. The number of amides is 1. The minimum absolute atomic E-state index is 0.0908. The first-order valence-electron chi connectivity index (χ1n) is 9.44. The van der Waals surface area contributed by atoms with E-state index in [4.69, 9.17) is 16.3 Å². The van der Waals surface area contributed by atoms with Gasteiger partial charge in [-0.3, -0.25) is 9.52 Å². The van der Waals surface area contributed by atoms with Gasteiger partial charge in [-0.15, -0.1) is 0 Å². The molecule has 1 fully saturated rings. The summed E-state index contributed by atoms with van der Waals surface area (Å²) in [6.45, 7) is 0.278. The van der Waals surface area contributed by atoms with Crippen LogP contribution in [0.15, 0.2) is 47.6 Å². The molecule has 0 radical (unpaired) electrons. The summed E-state index contributed by atoms with van der Waals surface area (Å²) >= 11 is 6.65. The Morgan fingerprint density at radius 1 is 1.24 bits per heavy atom. The number of piperazine rings is 1. The molecule has 33 heavy (non-hydrogen) atoms. The van der Waals surface area contributed by atoms with Gasteiger partial charge in [-0.05, 0) is 24.3 Å². The zero-order chi connectivity index (χ0) is 23.6. The highest BCUT2D eigenvalue weighted by atomic mass is 35.5. The van der Waals surface area contributed by atoms with Crippen LogP contribution in [0.25, 0.3) is 0 Å². The predicted octanol–water partition coefficient (Wildman–Crippen LogP) is 2.65. The average Bonchev–Trinajstić information content (AvgIpc) is 3.27. The van der Waals surface area contributed by atoms with Crippen LogP contribution in [0.2, 0.25) is 5.02 Å². The molecule has 1 saturated heterocycles. The van der Waals surface area contributed by atoms with Crippen molar-refractivity contribution < 1.29 is 26.7 Å². The molecule has 14 heteroatoms. The van der Waals surface area contributed by atoms with Crippen LogP contribution in [0.5, 0.6) is 5.75 Å². The number of nitrogens with zero attached hydrogens (tertiary/aromatic N) is 3. The average molecular weight is 516 g/mol. The molecule has 0 spiro atoms. The van der Waals surface area contributed by atoms with Gasteiger partial charge in [0, 0.05) is 40.9 Å². The molecule has 1 aliphatic rings. The first-order valence-corrected chi connectivity index (χ1v) is 12.1. The summed E-state index contributed by atoms with van der Waals surface area (Å²) in [6.07, 6.45) is 1.12. The summed E-state index contributed by atoms with van der Waals surface area (Å²) in [5.41, 5.74) is 0.579. The highest BCUT2D eigenvalue weighted by molar-refractivity contribution is 7.93. The Labute approximate surface area is 196 Å². The van der Waals surface area contributed by atoms with E-state index < -0.39 is 38.3 Å². The van der Waals surface area contributed by atoms with Crippen molar-refractivity contribution in [3.8, 4) is 5.75 Å². The third-order valence-electron chi connectivity index (χ3n) is 4.68. The van der Waals surface area contributed by atoms with E-state index in [1.165, 1.54) is 4.90 Å². The SMILES string of the molecule is O=C1CNC[C@H](COc2cc(F)c(S(=O)(=O)Nc3ncns3)cc2F)N1c1ccc(Cl)cc1. The Kier molecular flexibility index (Phi) is 6.74. The Morgan fingerprint density at radius 3 is 2.70 bits per heavy atom. The van der Waals surface area contributed by atoms with Crippen molar-refractivity contribution in [2.45, 2.75) is 10.9 Å². The van der Waals surface area contributed by atoms with Gasteiger partial charge in [0.1, 0.15) is 23.6 Å². The third-order valence-corrected chi connectivity index (χ3v) is 7.00. The van der Waals surface area contributed by atoms with Crippen molar-refractivity contribution in [1.82, 2.24) is 14.7 Å². The molecule has 2 aromatic carbocycles. The lowest BCUT2D eigenvalue weighted by molar-refractivity contribution is -0.119. The Balaban J connectivity index is 1.52. The smallest absolute Gasteiger partial charge is 0.266 e. The summed E-state index contributed by atoms with van der Waals surface area (Å²) in [7, 11) is -4.43. The van der Waals surface area contributed by atoms with Gasteiger partial charge in [-0.1, -0.05) is 11.6 Å². The molecule has 0 bridgehead atoms. The second-order valence-electron chi connectivity index (χ2n) is 6.90. The van der Waals surface area contributed by atoms with Crippen LogP contribution in [0.3, 0.4) is 0 Å². The molecule has 2 N–H and O–H groups in total. The van der Waals surface area contributed by atoms with E-state index in [1.807, 2.05) is 4.72 Å². The summed E-state index contributed by atoms with van der Waals surface area (Å²) < 4.78 is 65.0. The fourth-order valence-electron chi connectivity index (χ4n) is 3.22. The highest BCUT2D eigenvalue weighted by Gasteiger charge is 2.30. The fraction of sp³-hybridized carbons (Fsp3) is 0.211. The quantitative estimate of drug-likeness (QED) is 0.497. The lowest BCUT2D eigenvalue weighted by Crippen LogP contribution is -2.57. The van der Waals surface area contributed by atoms with E-state index in [0.29, 0.717) is 29.4 Å². The van der Waals surface area contributed by atoms with Gasteiger partial charge in [0.15, 0.2) is 11.6 Å². The number of nitrogens with one attached hydrogen (secondary N) is 2. The normalized spacial score (nSPS) is 16.6. The molecule has 0 saturated carbocycles. The third kappa shape index (κ3) is 5.21. The minimum Gasteiger partial charge on any atom is -0.488 e. The maximum atomic E-state index is 14.6. The molecule has 1 aromatic heterocycles. The van der Waals surface area contributed by atoms with Gasteiger partial charge in [-0.25, -0.2) is 22.2 Å². The van der Waals surface area contributed by atoms with E-state index in [0.717, 1.165) is 17.9 Å². The first kappa shape index (κ1) is 23.3. The minimum atomic E-state index is -4.43. The number of carbonyl (C=O) groups is 1. The molecular weight excluding hydrogens is 500 g/mol. The molecule has 3 aromatic rings. The maximum Gasteiger partial charge on any atom is 0.266 e. The Bertz CT molecular complexity index is 1260. The van der Waals surface area contributed by atoms with Crippen LogP contribution < -0.4 is 19.7 Å². The second-order valence-corrected chi connectivity index (χ2v) is 9.77. The van der Waals surface area contributed by atoms with Crippen molar-refractivity contribution in [3.63, 3.8) is 0 Å². The maximum absolute atomic E-state index is 14.6. The molecule has 2 heterocycles. The molecule has 1 atom stereocenters. The monoisotopic (exact) mass is 515 g/mol. The van der Waals surface area contributed by atoms with Crippen LogP contribution in [-0.2, 0) is 14.8 Å². The molecule has 4 rings (SSSR count). The zero-order valence-electron chi connectivity index (χ0n) is 16.7. The van der Waals surface area contributed by atoms with E-state index in [1.54, 1.807) is 24.3 Å². The highest BCUT2D eigenvalue weighted by Crippen LogP contribution is 2.28. The first-order chi connectivity index (χ1) is 15.7. The number of anilines is 2. The molecule has 0 aliphatic carbocycles. The number of halogens is 3. The summed E-state index contributed by atoms with van der Waals surface area (Å²) in [5, 5.41) is 3.36. The number of aromatic nitrogens is 2. The van der Waals surface area contributed by atoms with E-state index in [9.17, 15) is 22.0 Å². The lowest BCUT2D eigenvalue weighted by atomic mass is 10.1. The second kappa shape index (κ2) is 9.55. The van der Waals surface area contributed by atoms with Gasteiger partial charge in [0.2, 0.25) is 11.0 Å². The van der Waals surface area contributed by atoms with E-state index in [-0.39, 0.29) is 24.2 Å². The van der Waals surface area contributed by atoms with Crippen molar-refractivity contribution in [1.29, 1.82) is 0 Å². The van der Waals surface area contributed by atoms with Crippen LogP contribution in [0.4, 0.5) is 19.6 Å². The van der Waals surface area contributed by atoms with Crippen LogP contribution in [0, 0.1) is 11.6 Å². The number of hydrogen-bond donors (Lipinski definition) is 2. The molecular formula is C19H16ClF2N5O4S2. The van der Waals surface area contributed by atoms with Crippen molar-refractivity contribution >= 4 is 49.9 Å². The topological polar surface area (TPSA) is 114 Å². The zero-order valence-corrected chi connectivity index (χ0v) is 19.1. The van der Waals surface area contributed by atoms with Gasteiger partial charge < -0.3 is 15.0 Å². The Morgan fingerprint density at radius 2 is 2.00 bits per heavy atom. The van der Waals surface area contributed by atoms with Crippen LogP contribution >= 0.6 is 23.1 Å². The van der Waals surface area contributed by atoms with Crippen LogP contribution in [-0.4, -0.2) is 49.4 Å². The summed E-state index contributed by atoms with van der Waals surface area (Å²) in [6, 6.07) is 7.25. The molecule has 1 aliphatic heterocycles. The lowest BCUT2D eigenvalue weighted by Gasteiger charge is -2.36. The number of hydrogen-bond acceptors (Lipinski definition) is 8. The van der Waals surface area contributed by atoms with Gasteiger partial charge in [-0.2, -0.15) is 4.37 Å². The molecule has 9 nitrogen and oxygen atoms in total. The number of rotatable bonds is 7. The number of benzene rings is 2. The van der Waals surface area contributed by atoms with Crippen molar-refractivity contribution in [2.24, 2.45) is 0 Å².